The highest BCUT2D eigenvalue weighted by Gasteiger charge is 2.29. The van der Waals surface area contributed by atoms with Gasteiger partial charge >= 0.3 is 0 Å². The Labute approximate surface area is 122 Å². The molecule has 0 aromatic carbocycles. The Hall–Kier alpha value is -0.210. The normalized spacial score (nSPS) is 14.8. The van der Waals surface area contributed by atoms with E-state index >= 15 is 0 Å². The average Bonchev–Trinajstić information content (AvgIpc) is 2.26. The third kappa shape index (κ3) is 8.86. The highest BCUT2D eigenvalue weighted by Crippen LogP contribution is 2.13. The maximum Gasteiger partial charge on any atom is 0.153 e. The van der Waals surface area contributed by atoms with Crippen molar-refractivity contribution in [1.82, 2.24) is 5.32 Å². The first-order chi connectivity index (χ1) is 9.06. The fraction of sp³-hybridized carbons (Fsp3) is 1.00. The first-order valence-corrected chi connectivity index (χ1v) is 8.73. The van der Waals surface area contributed by atoms with Gasteiger partial charge < -0.3 is 19.9 Å². The molecule has 6 nitrogen and oxygen atoms in total. The number of ether oxygens (including phenoxy) is 2. The molecule has 0 saturated carbocycles. The van der Waals surface area contributed by atoms with Gasteiger partial charge in [-0.25, -0.2) is 8.42 Å². The Bertz CT molecular complexity index is 354. The van der Waals surface area contributed by atoms with Crippen molar-refractivity contribution in [2.75, 3.05) is 39.2 Å². The Balaban J connectivity index is 3.72. The maximum absolute atomic E-state index is 11.5. The van der Waals surface area contributed by atoms with Crippen LogP contribution in [0.15, 0.2) is 0 Å². The van der Waals surface area contributed by atoms with Crippen LogP contribution in [0.4, 0.5) is 0 Å². The molecule has 0 aromatic rings. The molecule has 1 unspecified atom stereocenters. The molecule has 0 aromatic heterocycles. The van der Waals surface area contributed by atoms with E-state index in [9.17, 15) is 13.5 Å². The van der Waals surface area contributed by atoms with Crippen molar-refractivity contribution in [3.63, 3.8) is 0 Å². The predicted octanol–water partition coefficient (Wildman–Crippen LogP) is 0.202. The summed E-state index contributed by atoms with van der Waals surface area (Å²) < 4.78 is 32.7. The summed E-state index contributed by atoms with van der Waals surface area (Å²) in [5.41, 5.74) is 0. The van der Waals surface area contributed by atoms with Gasteiger partial charge in [0.25, 0.3) is 0 Å². The summed E-state index contributed by atoms with van der Waals surface area (Å²) in [6.45, 7) is 8.92. The van der Waals surface area contributed by atoms with Crippen LogP contribution in [0, 0.1) is 0 Å². The molecule has 0 radical (unpaired) electrons. The Kier molecular flexibility index (Phi) is 8.85. The van der Waals surface area contributed by atoms with Crippen LogP contribution in [0.2, 0.25) is 0 Å². The van der Waals surface area contributed by atoms with E-state index in [1.54, 1.807) is 13.8 Å². The molecule has 0 amide bonds. The van der Waals surface area contributed by atoms with Gasteiger partial charge in [-0.1, -0.05) is 0 Å². The van der Waals surface area contributed by atoms with Gasteiger partial charge in [0.2, 0.25) is 0 Å². The van der Waals surface area contributed by atoms with Gasteiger partial charge in [-0.15, -0.1) is 0 Å². The molecule has 0 heterocycles. The topological polar surface area (TPSA) is 84.9 Å². The SMILES string of the molecule is CC(C)OCCOCC(O)CNCC(C)(C)S(C)(=O)=O. The molecule has 0 aliphatic heterocycles. The largest absolute Gasteiger partial charge is 0.389 e. The minimum absolute atomic E-state index is 0.170. The average molecular weight is 311 g/mol. The van der Waals surface area contributed by atoms with Crippen molar-refractivity contribution in [3.05, 3.63) is 0 Å². The number of sulfone groups is 1. The summed E-state index contributed by atoms with van der Waals surface area (Å²) in [4.78, 5) is 0. The van der Waals surface area contributed by atoms with Crippen molar-refractivity contribution in [1.29, 1.82) is 0 Å². The van der Waals surface area contributed by atoms with Crippen LogP contribution in [0.5, 0.6) is 0 Å². The van der Waals surface area contributed by atoms with Gasteiger partial charge in [0.1, 0.15) is 0 Å². The Morgan fingerprint density at radius 2 is 1.85 bits per heavy atom. The molecule has 0 bridgehead atoms. The zero-order valence-corrected chi connectivity index (χ0v) is 14.0. The number of hydrogen-bond donors (Lipinski definition) is 2. The fourth-order valence-corrected chi connectivity index (χ4v) is 1.66. The van der Waals surface area contributed by atoms with Gasteiger partial charge in [-0.3, -0.25) is 0 Å². The lowest BCUT2D eigenvalue weighted by molar-refractivity contribution is -0.00998. The molecule has 2 N–H and O–H groups in total. The predicted molar refractivity (Wildman–Crippen MR) is 79.7 cm³/mol. The molecule has 7 heteroatoms. The first-order valence-electron chi connectivity index (χ1n) is 6.84. The zero-order valence-electron chi connectivity index (χ0n) is 13.2. The Morgan fingerprint density at radius 3 is 2.35 bits per heavy atom. The van der Waals surface area contributed by atoms with E-state index in [4.69, 9.17) is 9.47 Å². The van der Waals surface area contributed by atoms with Gasteiger partial charge in [0.15, 0.2) is 9.84 Å². The second kappa shape index (κ2) is 8.94. The van der Waals surface area contributed by atoms with Gasteiger partial charge in [-0.05, 0) is 27.7 Å². The summed E-state index contributed by atoms with van der Waals surface area (Å²) in [5, 5.41) is 12.6. The molecule has 20 heavy (non-hydrogen) atoms. The van der Waals surface area contributed by atoms with Crippen LogP contribution in [0.3, 0.4) is 0 Å². The highest BCUT2D eigenvalue weighted by molar-refractivity contribution is 7.92. The quantitative estimate of drug-likeness (QED) is 0.530. The van der Waals surface area contributed by atoms with E-state index < -0.39 is 20.7 Å². The monoisotopic (exact) mass is 311 g/mol. The smallest absolute Gasteiger partial charge is 0.153 e. The van der Waals surface area contributed by atoms with Crippen LogP contribution < -0.4 is 5.32 Å². The molecule has 0 aliphatic rings. The number of rotatable bonds is 11. The summed E-state index contributed by atoms with van der Waals surface area (Å²) in [6.07, 6.45) is 0.718. The third-order valence-electron chi connectivity index (χ3n) is 2.92. The standard InChI is InChI=1S/C13H29NO5S/c1-11(2)19-7-6-18-9-12(15)8-14-10-13(3,4)20(5,16)17/h11-12,14-15H,6-10H2,1-5H3. The Morgan fingerprint density at radius 1 is 1.25 bits per heavy atom. The van der Waals surface area contributed by atoms with E-state index in [1.165, 1.54) is 6.26 Å². The van der Waals surface area contributed by atoms with Crippen molar-refractivity contribution < 1.29 is 23.0 Å². The molecule has 0 aliphatic carbocycles. The molecule has 0 spiro atoms. The van der Waals surface area contributed by atoms with E-state index in [1.807, 2.05) is 13.8 Å². The number of hydrogen-bond acceptors (Lipinski definition) is 6. The van der Waals surface area contributed by atoms with Crippen molar-refractivity contribution in [2.45, 2.75) is 44.6 Å². The minimum atomic E-state index is -3.12. The third-order valence-corrected chi connectivity index (χ3v) is 5.08. The lowest BCUT2D eigenvalue weighted by Gasteiger charge is -2.23. The summed E-state index contributed by atoms with van der Waals surface area (Å²) in [7, 11) is -3.12. The minimum Gasteiger partial charge on any atom is -0.389 e. The first kappa shape index (κ1) is 19.8. The molecule has 0 fully saturated rings. The summed E-state index contributed by atoms with van der Waals surface area (Å²) in [6, 6.07) is 0. The summed E-state index contributed by atoms with van der Waals surface area (Å²) >= 11 is 0. The lowest BCUT2D eigenvalue weighted by atomic mass is 10.2. The van der Waals surface area contributed by atoms with E-state index in [0.717, 1.165) is 0 Å². The van der Waals surface area contributed by atoms with E-state index in [-0.39, 0.29) is 12.7 Å². The van der Waals surface area contributed by atoms with E-state index in [0.29, 0.717) is 26.3 Å². The molecule has 1 atom stereocenters. The molecule has 0 saturated heterocycles. The lowest BCUT2D eigenvalue weighted by Crippen LogP contribution is -2.44. The van der Waals surface area contributed by atoms with E-state index in [2.05, 4.69) is 5.32 Å². The van der Waals surface area contributed by atoms with Crippen LogP contribution >= 0.6 is 0 Å². The second-order valence-corrected chi connectivity index (χ2v) is 8.46. The zero-order chi connectivity index (χ0) is 15.8. The maximum atomic E-state index is 11.5. The van der Waals surface area contributed by atoms with Crippen LogP contribution in [0.1, 0.15) is 27.7 Å². The van der Waals surface area contributed by atoms with Gasteiger partial charge in [-0.2, -0.15) is 0 Å². The summed E-state index contributed by atoms with van der Waals surface area (Å²) in [5.74, 6) is 0. The molecular formula is C13H29NO5S. The van der Waals surface area contributed by atoms with Gasteiger partial charge in [0.05, 0.1) is 36.8 Å². The number of aliphatic hydroxyl groups excluding tert-OH is 1. The molecule has 122 valence electrons. The number of nitrogens with one attached hydrogen (secondary N) is 1. The van der Waals surface area contributed by atoms with Crippen LogP contribution in [-0.2, 0) is 19.3 Å². The molecular weight excluding hydrogens is 282 g/mol. The van der Waals surface area contributed by atoms with Crippen molar-refractivity contribution in [2.24, 2.45) is 0 Å². The van der Waals surface area contributed by atoms with Gasteiger partial charge in [0, 0.05) is 19.3 Å². The van der Waals surface area contributed by atoms with Crippen LogP contribution in [-0.4, -0.2) is 69.6 Å². The highest BCUT2D eigenvalue weighted by atomic mass is 32.2. The van der Waals surface area contributed by atoms with Crippen LogP contribution in [0.25, 0.3) is 0 Å². The molecule has 0 rings (SSSR count). The number of aliphatic hydroxyl groups is 1. The van der Waals surface area contributed by atoms with Crippen molar-refractivity contribution in [3.8, 4) is 0 Å². The van der Waals surface area contributed by atoms with Crippen molar-refractivity contribution >= 4 is 9.84 Å². The fourth-order valence-electron chi connectivity index (χ4n) is 1.29. The second-order valence-electron chi connectivity index (χ2n) is 5.81.